The predicted molar refractivity (Wildman–Crippen MR) is 56.6 cm³/mol. The first-order chi connectivity index (χ1) is 6.76. The number of ether oxygens (including phenoxy) is 1. The summed E-state index contributed by atoms with van der Waals surface area (Å²) in [5.41, 5.74) is 0.766. The quantitative estimate of drug-likeness (QED) is 0.707. The van der Waals surface area contributed by atoms with Gasteiger partial charge in [0.05, 0.1) is 17.7 Å². The maximum Gasteiger partial charge on any atom is 0.233 e. The minimum Gasteiger partial charge on any atom is -0.474 e. The Morgan fingerprint density at radius 3 is 2.71 bits per heavy atom. The number of rotatable bonds is 5. The highest BCUT2D eigenvalue weighted by molar-refractivity contribution is 6.16. The van der Waals surface area contributed by atoms with Crippen LogP contribution in [0.2, 0.25) is 0 Å². The lowest BCUT2D eigenvalue weighted by Crippen LogP contribution is -2.12. The van der Waals surface area contributed by atoms with E-state index < -0.39 is 0 Å². The van der Waals surface area contributed by atoms with Crippen LogP contribution < -0.4 is 4.74 Å². The normalized spacial score (nSPS) is 12.5. The van der Waals surface area contributed by atoms with Crippen molar-refractivity contribution in [3.63, 3.8) is 0 Å². The molecule has 0 saturated heterocycles. The lowest BCUT2D eigenvalue weighted by atomic mass is 10.2. The summed E-state index contributed by atoms with van der Waals surface area (Å²) in [6, 6.07) is 3.63. The molecule has 0 fully saturated rings. The number of hydrogen-bond acceptors (Lipinski definition) is 3. The summed E-state index contributed by atoms with van der Waals surface area (Å²) in [6.45, 7) is 4.16. The minimum absolute atomic E-state index is 0.191. The molecule has 3 nitrogen and oxygen atoms in total. The molecular formula is C10H15ClN2O. The van der Waals surface area contributed by atoms with Crippen LogP contribution in [-0.2, 0) is 5.88 Å². The van der Waals surface area contributed by atoms with E-state index in [-0.39, 0.29) is 6.10 Å². The molecule has 0 aromatic carbocycles. The van der Waals surface area contributed by atoms with Crippen LogP contribution >= 0.6 is 11.6 Å². The van der Waals surface area contributed by atoms with Crippen LogP contribution in [0.3, 0.4) is 0 Å². The molecular weight excluding hydrogens is 200 g/mol. The van der Waals surface area contributed by atoms with Gasteiger partial charge >= 0.3 is 0 Å². The Labute approximate surface area is 89.4 Å². The molecule has 0 saturated carbocycles. The Hall–Kier alpha value is -0.830. The van der Waals surface area contributed by atoms with Crippen LogP contribution in [0.4, 0.5) is 0 Å². The summed E-state index contributed by atoms with van der Waals surface area (Å²) in [5, 5.41) is 7.82. The van der Waals surface area contributed by atoms with Crippen LogP contribution in [0, 0.1) is 0 Å². The van der Waals surface area contributed by atoms with Crippen LogP contribution in [0.15, 0.2) is 12.1 Å². The summed E-state index contributed by atoms with van der Waals surface area (Å²) in [4.78, 5) is 0. The van der Waals surface area contributed by atoms with Crippen molar-refractivity contribution in [2.75, 3.05) is 0 Å². The van der Waals surface area contributed by atoms with Gasteiger partial charge in [0.1, 0.15) is 0 Å². The van der Waals surface area contributed by atoms with Gasteiger partial charge in [0, 0.05) is 6.07 Å². The first kappa shape index (κ1) is 11.2. The average molecular weight is 215 g/mol. The molecule has 1 aromatic heterocycles. The van der Waals surface area contributed by atoms with E-state index in [1.165, 1.54) is 0 Å². The zero-order valence-corrected chi connectivity index (χ0v) is 9.29. The fraction of sp³-hybridized carbons (Fsp3) is 0.600. The average Bonchev–Trinajstić information content (AvgIpc) is 2.19. The van der Waals surface area contributed by atoms with Crippen molar-refractivity contribution in [2.24, 2.45) is 0 Å². The van der Waals surface area contributed by atoms with Crippen molar-refractivity contribution in [1.29, 1.82) is 0 Å². The minimum atomic E-state index is 0.191. The maximum absolute atomic E-state index is 5.59. The van der Waals surface area contributed by atoms with E-state index in [0.29, 0.717) is 11.8 Å². The van der Waals surface area contributed by atoms with Crippen molar-refractivity contribution >= 4 is 11.6 Å². The van der Waals surface area contributed by atoms with E-state index in [2.05, 4.69) is 17.1 Å². The van der Waals surface area contributed by atoms with Crippen LogP contribution in [0.1, 0.15) is 32.4 Å². The molecule has 4 heteroatoms. The van der Waals surface area contributed by atoms with Gasteiger partial charge in [0.25, 0.3) is 0 Å². The van der Waals surface area contributed by atoms with Gasteiger partial charge in [0.2, 0.25) is 5.88 Å². The Morgan fingerprint density at radius 1 is 1.43 bits per heavy atom. The standard InChI is InChI=1S/C10H15ClN2O/c1-3-4-8(2)14-10-6-5-9(7-11)12-13-10/h5-6,8H,3-4,7H2,1-2H3. The zero-order chi connectivity index (χ0) is 10.4. The smallest absolute Gasteiger partial charge is 0.233 e. The molecule has 78 valence electrons. The third-order valence-corrected chi connectivity index (χ3v) is 2.12. The van der Waals surface area contributed by atoms with Gasteiger partial charge in [-0.25, -0.2) is 0 Å². The molecule has 14 heavy (non-hydrogen) atoms. The van der Waals surface area contributed by atoms with Gasteiger partial charge in [0.15, 0.2) is 0 Å². The molecule has 0 radical (unpaired) electrons. The Kier molecular flexibility index (Phi) is 4.66. The van der Waals surface area contributed by atoms with Crippen LogP contribution in [-0.4, -0.2) is 16.3 Å². The maximum atomic E-state index is 5.59. The summed E-state index contributed by atoms with van der Waals surface area (Å²) >= 11 is 5.59. The fourth-order valence-electron chi connectivity index (χ4n) is 1.15. The molecule has 0 aliphatic rings. The Bertz CT molecular complexity index is 263. The SMILES string of the molecule is CCCC(C)Oc1ccc(CCl)nn1. The highest BCUT2D eigenvalue weighted by Crippen LogP contribution is 2.10. The number of halogens is 1. The number of nitrogens with zero attached hydrogens (tertiary/aromatic N) is 2. The third-order valence-electron chi connectivity index (χ3n) is 1.85. The second-order valence-corrected chi connectivity index (χ2v) is 3.48. The molecule has 1 unspecified atom stereocenters. The van der Waals surface area contributed by atoms with E-state index >= 15 is 0 Å². The summed E-state index contributed by atoms with van der Waals surface area (Å²) in [5.74, 6) is 0.956. The first-order valence-corrected chi connectivity index (χ1v) is 5.35. The molecule has 1 aromatic rings. The third kappa shape index (κ3) is 3.50. The number of aromatic nitrogens is 2. The molecule has 0 N–H and O–H groups in total. The Morgan fingerprint density at radius 2 is 2.21 bits per heavy atom. The van der Waals surface area contributed by atoms with E-state index in [9.17, 15) is 0 Å². The van der Waals surface area contributed by atoms with Crippen LogP contribution in [0.5, 0.6) is 5.88 Å². The molecule has 1 heterocycles. The van der Waals surface area contributed by atoms with E-state index in [1.807, 2.05) is 13.0 Å². The van der Waals surface area contributed by atoms with Crippen LogP contribution in [0.25, 0.3) is 0 Å². The molecule has 0 aliphatic carbocycles. The first-order valence-electron chi connectivity index (χ1n) is 4.81. The summed E-state index contributed by atoms with van der Waals surface area (Å²) < 4.78 is 5.54. The number of alkyl halides is 1. The van der Waals surface area contributed by atoms with Crippen molar-refractivity contribution in [3.8, 4) is 5.88 Å². The highest BCUT2D eigenvalue weighted by atomic mass is 35.5. The lowest BCUT2D eigenvalue weighted by Gasteiger charge is -2.11. The second kappa shape index (κ2) is 5.81. The molecule has 0 bridgehead atoms. The lowest BCUT2D eigenvalue weighted by molar-refractivity contribution is 0.199. The monoisotopic (exact) mass is 214 g/mol. The fourth-order valence-corrected chi connectivity index (χ4v) is 1.30. The van der Waals surface area contributed by atoms with Gasteiger partial charge in [-0.1, -0.05) is 13.3 Å². The van der Waals surface area contributed by atoms with Gasteiger partial charge in [-0.2, -0.15) is 5.10 Å². The van der Waals surface area contributed by atoms with Gasteiger partial charge in [-0.15, -0.1) is 16.7 Å². The molecule has 0 aliphatic heterocycles. The number of hydrogen-bond donors (Lipinski definition) is 0. The highest BCUT2D eigenvalue weighted by Gasteiger charge is 2.03. The molecule has 0 amide bonds. The van der Waals surface area contributed by atoms with Crippen molar-refractivity contribution in [3.05, 3.63) is 17.8 Å². The van der Waals surface area contributed by atoms with Gasteiger partial charge in [-0.05, 0) is 19.4 Å². The zero-order valence-electron chi connectivity index (χ0n) is 8.53. The van der Waals surface area contributed by atoms with E-state index in [0.717, 1.165) is 18.5 Å². The van der Waals surface area contributed by atoms with Gasteiger partial charge in [-0.3, -0.25) is 0 Å². The van der Waals surface area contributed by atoms with Gasteiger partial charge < -0.3 is 4.74 Å². The van der Waals surface area contributed by atoms with E-state index in [4.69, 9.17) is 16.3 Å². The second-order valence-electron chi connectivity index (χ2n) is 3.21. The summed E-state index contributed by atoms with van der Waals surface area (Å²) in [7, 11) is 0. The van der Waals surface area contributed by atoms with Crippen molar-refractivity contribution < 1.29 is 4.74 Å². The van der Waals surface area contributed by atoms with Crippen molar-refractivity contribution in [2.45, 2.75) is 38.7 Å². The molecule has 1 atom stereocenters. The molecule has 0 spiro atoms. The summed E-state index contributed by atoms with van der Waals surface area (Å²) in [6.07, 6.45) is 2.32. The topological polar surface area (TPSA) is 35.0 Å². The predicted octanol–water partition coefficient (Wildman–Crippen LogP) is 2.78. The Balaban J connectivity index is 2.50. The molecule has 1 rings (SSSR count). The largest absolute Gasteiger partial charge is 0.474 e. The van der Waals surface area contributed by atoms with E-state index in [1.54, 1.807) is 6.07 Å². The van der Waals surface area contributed by atoms with Crippen molar-refractivity contribution in [1.82, 2.24) is 10.2 Å².